The first-order valence-electron chi connectivity index (χ1n) is 6.11. The van der Waals surface area contributed by atoms with E-state index in [1.54, 1.807) is 0 Å². The van der Waals surface area contributed by atoms with Gasteiger partial charge in [0.25, 0.3) is 0 Å². The van der Waals surface area contributed by atoms with Crippen LogP contribution in [0.25, 0.3) is 6.08 Å². The molecule has 1 aliphatic heterocycles. The minimum atomic E-state index is 0.0553. The van der Waals surface area contributed by atoms with E-state index in [0.29, 0.717) is 13.2 Å². The van der Waals surface area contributed by atoms with Crippen LogP contribution in [-0.2, 0) is 0 Å². The molecule has 1 aliphatic rings. The fraction of sp³-hybridized carbons (Fsp3) is 0.429. The molecule has 0 fully saturated rings. The Morgan fingerprint density at radius 1 is 1.39 bits per heavy atom. The molecule has 1 unspecified atom stereocenters. The van der Waals surface area contributed by atoms with E-state index < -0.39 is 0 Å². The van der Waals surface area contributed by atoms with Gasteiger partial charge in [0.1, 0.15) is 0 Å². The first-order valence-corrected chi connectivity index (χ1v) is 6.90. The second-order valence-electron chi connectivity index (χ2n) is 4.56. The molecule has 0 aliphatic carbocycles. The van der Waals surface area contributed by atoms with Crippen LogP contribution in [0.1, 0.15) is 25.8 Å². The summed E-state index contributed by atoms with van der Waals surface area (Å²) in [4.78, 5) is 0. The van der Waals surface area contributed by atoms with Crippen molar-refractivity contribution in [3.8, 4) is 11.5 Å². The van der Waals surface area contributed by atoms with Crippen molar-refractivity contribution in [1.82, 2.24) is 0 Å². The molecule has 0 saturated heterocycles. The standard InChI is InChI=1S/C14H18BrNO2/c1-9(10(2)16)6-11-7-12(15)14-13(8-11)17-4-3-5-18-14/h6-8,10H,3-5,16H2,1-2H3/b9-6+. The summed E-state index contributed by atoms with van der Waals surface area (Å²) in [6, 6.07) is 4.08. The van der Waals surface area contributed by atoms with Crippen LogP contribution in [0.5, 0.6) is 11.5 Å². The highest BCUT2D eigenvalue weighted by atomic mass is 79.9. The maximum atomic E-state index is 5.85. The predicted molar refractivity (Wildman–Crippen MR) is 77.0 cm³/mol. The monoisotopic (exact) mass is 311 g/mol. The molecule has 0 saturated carbocycles. The summed E-state index contributed by atoms with van der Waals surface area (Å²) < 4.78 is 12.3. The van der Waals surface area contributed by atoms with Crippen LogP contribution < -0.4 is 15.2 Å². The minimum Gasteiger partial charge on any atom is -0.489 e. The van der Waals surface area contributed by atoms with Gasteiger partial charge < -0.3 is 15.2 Å². The summed E-state index contributed by atoms with van der Waals surface area (Å²) >= 11 is 3.53. The lowest BCUT2D eigenvalue weighted by Crippen LogP contribution is -2.15. The van der Waals surface area contributed by atoms with E-state index in [9.17, 15) is 0 Å². The molecule has 0 radical (unpaired) electrons. The Morgan fingerprint density at radius 3 is 2.83 bits per heavy atom. The minimum absolute atomic E-state index is 0.0553. The van der Waals surface area contributed by atoms with Crippen molar-refractivity contribution in [3.63, 3.8) is 0 Å². The van der Waals surface area contributed by atoms with Gasteiger partial charge in [0, 0.05) is 12.5 Å². The summed E-state index contributed by atoms with van der Waals surface area (Å²) in [5.74, 6) is 1.59. The largest absolute Gasteiger partial charge is 0.489 e. The molecule has 1 aromatic carbocycles. The summed E-state index contributed by atoms with van der Waals surface area (Å²) in [6.45, 7) is 5.39. The average molecular weight is 312 g/mol. The third-order valence-electron chi connectivity index (χ3n) is 2.94. The van der Waals surface area contributed by atoms with Crippen molar-refractivity contribution in [3.05, 3.63) is 27.7 Å². The Labute approximate surface area is 116 Å². The van der Waals surface area contributed by atoms with Crippen LogP contribution in [-0.4, -0.2) is 19.3 Å². The van der Waals surface area contributed by atoms with Crippen molar-refractivity contribution in [1.29, 1.82) is 0 Å². The molecular formula is C14H18BrNO2. The van der Waals surface area contributed by atoms with Gasteiger partial charge in [0.2, 0.25) is 0 Å². The Morgan fingerprint density at radius 2 is 2.11 bits per heavy atom. The molecule has 0 spiro atoms. The first-order chi connectivity index (χ1) is 8.58. The number of hydrogen-bond acceptors (Lipinski definition) is 3. The van der Waals surface area contributed by atoms with Gasteiger partial charge in [-0.1, -0.05) is 11.6 Å². The summed E-state index contributed by atoms with van der Waals surface area (Å²) in [5, 5.41) is 0. The van der Waals surface area contributed by atoms with Crippen molar-refractivity contribution in [2.24, 2.45) is 5.73 Å². The predicted octanol–water partition coefficient (Wildman–Crippen LogP) is 3.36. The van der Waals surface area contributed by atoms with E-state index in [-0.39, 0.29) is 6.04 Å². The fourth-order valence-electron chi connectivity index (χ4n) is 1.73. The van der Waals surface area contributed by atoms with Gasteiger partial charge >= 0.3 is 0 Å². The van der Waals surface area contributed by atoms with Gasteiger partial charge in [0.15, 0.2) is 11.5 Å². The van der Waals surface area contributed by atoms with E-state index in [1.165, 1.54) is 0 Å². The number of ether oxygens (including phenoxy) is 2. The first kappa shape index (κ1) is 13.4. The van der Waals surface area contributed by atoms with Gasteiger partial charge in [-0.3, -0.25) is 0 Å². The highest BCUT2D eigenvalue weighted by Crippen LogP contribution is 2.38. The normalized spacial score (nSPS) is 17.2. The number of nitrogens with two attached hydrogens (primary N) is 1. The van der Waals surface area contributed by atoms with E-state index in [4.69, 9.17) is 15.2 Å². The molecule has 0 amide bonds. The van der Waals surface area contributed by atoms with Crippen LogP contribution in [0.15, 0.2) is 22.2 Å². The smallest absolute Gasteiger partial charge is 0.175 e. The van der Waals surface area contributed by atoms with E-state index in [2.05, 4.69) is 22.0 Å². The van der Waals surface area contributed by atoms with Crippen LogP contribution in [0.4, 0.5) is 0 Å². The summed E-state index contributed by atoms with van der Waals surface area (Å²) in [6.07, 6.45) is 2.98. The van der Waals surface area contributed by atoms with Gasteiger partial charge in [-0.15, -0.1) is 0 Å². The average Bonchev–Trinajstić information content (AvgIpc) is 2.54. The Bertz CT molecular complexity index is 469. The number of halogens is 1. The molecular weight excluding hydrogens is 294 g/mol. The molecule has 0 bridgehead atoms. The Hall–Kier alpha value is -1.00. The van der Waals surface area contributed by atoms with Gasteiger partial charge in [-0.25, -0.2) is 0 Å². The van der Waals surface area contributed by atoms with Crippen molar-refractivity contribution in [2.45, 2.75) is 26.3 Å². The number of rotatable bonds is 2. The molecule has 1 aromatic rings. The van der Waals surface area contributed by atoms with Crippen molar-refractivity contribution >= 4 is 22.0 Å². The fourth-order valence-corrected chi connectivity index (χ4v) is 2.30. The quantitative estimate of drug-likeness (QED) is 0.911. The van der Waals surface area contributed by atoms with E-state index in [0.717, 1.165) is 33.5 Å². The van der Waals surface area contributed by atoms with Crippen LogP contribution in [0.2, 0.25) is 0 Å². The number of benzene rings is 1. The maximum absolute atomic E-state index is 5.85. The topological polar surface area (TPSA) is 44.5 Å². The van der Waals surface area contributed by atoms with E-state index >= 15 is 0 Å². The lowest BCUT2D eigenvalue weighted by atomic mass is 10.1. The van der Waals surface area contributed by atoms with Crippen LogP contribution in [0.3, 0.4) is 0 Å². The summed E-state index contributed by atoms with van der Waals surface area (Å²) in [7, 11) is 0. The van der Waals surface area contributed by atoms with Gasteiger partial charge in [-0.05, 0) is 47.5 Å². The van der Waals surface area contributed by atoms with Crippen molar-refractivity contribution in [2.75, 3.05) is 13.2 Å². The molecule has 3 nitrogen and oxygen atoms in total. The molecule has 4 heteroatoms. The lowest BCUT2D eigenvalue weighted by Gasteiger charge is -2.11. The van der Waals surface area contributed by atoms with Gasteiger partial charge in [0.05, 0.1) is 17.7 Å². The lowest BCUT2D eigenvalue weighted by molar-refractivity contribution is 0.296. The third-order valence-corrected chi connectivity index (χ3v) is 3.53. The van der Waals surface area contributed by atoms with Crippen LogP contribution in [0, 0.1) is 0 Å². The molecule has 1 atom stereocenters. The highest BCUT2D eigenvalue weighted by Gasteiger charge is 2.14. The second-order valence-corrected chi connectivity index (χ2v) is 5.41. The molecule has 0 aromatic heterocycles. The third kappa shape index (κ3) is 3.06. The van der Waals surface area contributed by atoms with Gasteiger partial charge in [-0.2, -0.15) is 0 Å². The Balaban J connectivity index is 2.37. The molecule has 2 rings (SSSR count). The number of fused-ring (bicyclic) bond motifs is 1. The maximum Gasteiger partial charge on any atom is 0.175 e. The molecule has 98 valence electrons. The molecule has 2 N–H and O–H groups in total. The van der Waals surface area contributed by atoms with E-state index in [1.807, 2.05) is 26.0 Å². The van der Waals surface area contributed by atoms with Crippen molar-refractivity contribution < 1.29 is 9.47 Å². The zero-order valence-corrected chi connectivity index (χ0v) is 12.3. The molecule has 18 heavy (non-hydrogen) atoms. The number of hydrogen-bond donors (Lipinski definition) is 1. The zero-order valence-electron chi connectivity index (χ0n) is 10.7. The Kier molecular flexibility index (Phi) is 4.30. The van der Waals surface area contributed by atoms with Crippen LogP contribution >= 0.6 is 15.9 Å². The zero-order chi connectivity index (χ0) is 13.1. The second kappa shape index (κ2) is 5.76. The SMILES string of the molecule is C/C(=C\c1cc(Br)c2c(c1)OCCCO2)C(C)N. The summed E-state index contributed by atoms with van der Waals surface area (Å²) in [5.41, 5.74) is 8.05. The molecule has 1 heterocycles. The highest BCUT2D eigenvalue weighted by molar-refractivity contribution is 9.10.